The number of sulfonamides is 1. The normalized spacial score (nSPS) is 22.1. The van der Waals surface area contributed by atoms with Crippen LogP contribution < -0.4 is 10.1 Å². The molecule has 120 valence electrons. The Labute approximate surface area is 131 Å². The lowest BCUT2D eigenvalue weighted by atomic mass is 9.92. The van der Waals surface area contributed by atoms with Crippen LogP contribution in [0.15, 0.2) is 11.4 Å². The SMILES string of the molecule is CNC(CC1CCCN(S(C)(=O)=O)C1)c1sccc1OC. The van der Waals surface area contributed by atoms with Gasteiger partial charge in [0, 0.05) is 19.1 Å². The number of piperidine rings is 1. The highest BCUT2D eigenvalue weighted by Crippen LogP contribution is 2.36. The van der Waals surface area contributed by atoms with Gasteiger partial charge in [-0.3, -0.25) is 0 Å². The van der Waals surface area contributed by atoms with Crippen molar-refractivity contribution >= 4 is 21.4 Å². The summed E-state index contributed by atoms with van der Waals surface area (Å²) in [7, 11) is 0.553. The topological polar surface area (TPSA) is 58.6 Å². The van der Waals surface area contributed by atoms with Crippen molar-refractivity contribution in [2.24, 2.45) is 5.92 Å². The van der Waals surface area contributed by atoms with Gasteiger partial charge in [-0.2, -0.15) is 0 Å². The first-order chi connectivity index (χ1) is 9.95. The van der Waals surface area contributed by atoms with Gasteiger partial charge in [-0.15, -0.1) is 11.3 Å². The van der Waals surface area contributed by atoms with Gasteiger partial charge >= 0.3 is 0 Å². The third kappa shape index (κ3) is 4.18. The minimum absolute atomic E-state index is 0.212. The Hall–Kier alpha value is -0.630. The summed E-state index contributed by atoms with van der Waals surface area (Å²) >= 11 is 1.68. The molecule has 1 fully saturated rings. The molecule has 7 heteroatoms. The quantitative estimate of drug-likeness (QED) is 0.866. The summed E-state index contributed by atoms with van der Waals surface area (Å²) in [5, 5.41) is 5.37. The van der Waals surface area contributed by atoms with Crippen molar-refractivity contribution in [1.82, 2.24) is 9.62 Å². The molecule has 2 atom stereocenters. The van der Waals surface area contributed by atoms with E-state index in [-0.39, 0.29) is 6.04 Å². The monoisotopic (exact) mass is 332 g/mol. The molecule has 2 heterocycles. The van der Waals surface area contributed by atoms with Crippen LogP contribution in [0, 0.1) is 5.92 Å². The molecule has 1 aliphatic rings. The summed E-state index contributed by atoms with van der Waals surface area (Å²) in [5.41, 5.74) is 0. The van der Waals surface area contributed by atoms with Crippen LogP contribution in [0.25, 0.3) is 0 Å². The first kappa shape index (κ1) is 16.7. The fourth-order valence-corrected chi connectivity index (χ4v) is 4.87. The number of thiophene rings is 1. The van der Waals surface area contributed by atoms with E-state index in [0.29, 0.717) is 19.0 Å². The highest BCUT2D eigenvalue weighted by atomic mass is 32.2. The van der Waals surface area contributed by atoms with E-state index in [1.807, 2.05) is 18.5 Å². The van der Waals surface area contributed by atoms with Crippen molar-refractivity contribution in [2.45, 2.75) is 25.3 Å². The average molecular weight is 332 g/mol. The van der Waals surface area contributed by atoms with Gasteiger partial charge in [-0.05, 0) is 43.7 Å². The van der Waals surface area contributed by atoms with E-state index in [1.165, 1.54) is 11.1 Å². The second-order valence-electron chi connectivity index (χ2n) is 5.56. The minimum atomic E-state index is -3.08. The van der Waals surface area contributed by atoms with Gasteiger partial charge in [0.05, 0.1) is 18.2 Å². The van der Waals surface area contributed by atoms with Gasteiger partial charge in [-0.1, -0.05) is 0 Å². The van der Waals surface area contributed by atoms with Crippen molar-refractivity contribution in [3.8, 4) is 5.75 Å². The maximum absolute atomic E-state index is 11.7. The molecule has 0 spiro atoms. The first-order valence-corrected chi connectivity index (χ1v) is 9.92. The van der Waals surface area contributed by atoms with Gasteiger partial charge in [0.15, 0.2) is 0 Å². The van der Waals surface area contributed by atoms with Crippen molar-refractivity contribution in [2.75, 3.05) is 33.5 Å². The van der Waals surface area contributed by atoms with Gasteiger partial charge in [0.2, 0.25) is 10.0 Å². The Morgan fingerprint density at radius 1 is 1.57 bits per heavy atom. The average Bonchev–Trinajstić information content (AvgIpc) is 2.92. The van der Waals surface area contributed by atoms with E-state index >= 15 is 0 Å². The zero-order valence-electron chi connectivity index (χ0n) is 12.8. The molecule has 0 bridgehead atoms. The number of hydrogen-bond donors (Lipinski definition) is 1. The zero-order valence-corrected chi connectivity index (χ0v) is 14.5. The molecule has 0 amide bonds. The molecule has 1 aliphatic heterocycles. The summed E-state index contributed by atoms with van der Waals surface area (Å²) in [6.45, 7) is 1.28. The summed E-state index contributed by atoms with van der Waals surface area (Å²) in [6, 6.07) is 2.19. The summed E-state index contributed by atoms with van der Waals surface area (Å²) in [6.07, 6.45) is 4.25. The number of hydrogen-bond acceptors (Lipinski definition) is 5. The van der Waals surface area contributed by atoms with Crippen LogP contribution >= 0.6 is 11.3 Å². The van der Waals surface area contributed by atoms with E-state index in [9.17, 15) is 8.42 Å². The molecule has 1 aromatic rings. The molecule has 5 nitrogen and oxygen atoms in total. The van der Waals surface area contributed by atoms with E-state index in [0.717, 1.165) is 25.0 Å². The molecule has 1 aromatic heterocycles. The largest absolute Gasteiger partial charge is 0.496 e. The van der Waals surface area contributed by atoms with Crippen LogP contribution in [-0.2, 0) is 10.0 Å². The van der Waals surface area contributed by atoms with Crippen molar-refractivity contribution in [3.05, 3.63) is 16.3 Å². The van der Waals surface area contributed by atoms with Gasteiger partial charge in [0.1, 0.15) is 5.75 Å². The molecule has 21 heavy (non-hydrogen) atoms. The highest BCUT2D eigenvalue weighted by Gasteiger charge is 2.28. The predicted molar refractivity (Wildman–Crippen MR) is 86.4 cm³/mol. The smallest absolute Gasteiger partial charge is 0.211 e. The van der Waals surface area contributed by atoms with Crippen LogP contribution in [0.1, 0.15) is 30.2 Å². The number of methoxy groups -OCH3 is 1. The third-order valence-corrected chi connectivity index (χ3v) is 6.34. The first-order valence-electron chi connectivity index (χ1n) is 7.19. The maximum atomic E-state index is 11.7. The Bertz CT molecular complexity index is 556. The fraction of sp³-hybridized carbons (Fsp3) is 0.714. The van der Waals surface area contributed by atoms with E-state index < -0.39 is 10.0 Å². The standard InChI is InChI=1S/C14H24N2O3S2/c1-15-12(14-13(19-2)6-8-20-14)9-11-5-4-7-16(10-11)21(3,17)18/h6,8,11-12,15H,4-5,7,9-10H2,1-3H3. The van der Waals surface area contributed by atoms with Crippen molar-refractivity contribution in [1.29, 1.82) is 0 Å². The molecule has 0 saturated carbocycles. The van der Waals surface area contributed by atoms with Crippen molar-refractivity contribution in [3.63, 3.8) is 0 Å². The molecule has 0 radical (unpaired) electrons. The lowest BCUT2D eigenvalue weighted by molar-refractivity contribution is 0.240. The Morgan fingerprint density at radius 3 is 2.95 bits per heavy atom. The number of rotatable bonds is 6. The predicted octanol–water partition coefficient (Wildman–Crippen LogP) is 2.08. The van der Waals surface area contributed by atoms with Crippen LogP contribution in [0.2, 0.25) is 0 Å². The molecule has 1 N–H and O–H groups in total. The fourth-order valence-electron chi connectivity index (χ4n) is 2.94. The van der Waals surface area contributed by atoms with Crippen LogP contribution in [-0.4, -0.2) is 46.2 Å². The molecule has 1 saturated heterocycles. The molecule has 0 aliphatic carbocycles. The van der Waals surface area contributed by atoms with Crippen molar-refractivity contribution < 1.29 is 13.2 Å². The summed E-state index contributed by atoms with van der Waals surface area (Å²) < 4.78 is 30.4. The molecular weight excluding hydrogens is 308 g/mol. The zero-order chi connectivity index (χ0) is 15.5. The van der Waals surface area contributed by atoms with E-state index in [2.05, 4.69) is 5.32 Å². The van der Waals surface area contributed by atoms with E-state index in [1.54, 1.807) is 22.8 Å². The molecule has 2 rings (SSSR count). The Balaban J connectivity index is 2.05. The minimum Gasteiger partial charge on any atom is -0.496 e. The van der Waals surface area contributed by atoms with E-state index in [4.69, 9.17) is 4.74 Å². The molecule has 2 unspecified atom stereocenters. The second kappa shape index (κ2) is 7.09. The molecule has 0 aromatic carbocycles. The second-order valence-corrected chi connectivity index (χ2v) is 8.49. The van der Waals surface area contributed by atoms with Gasteiger partial charge in [0.25, 0.3) is 0 Å². The Morgan fingerprint density at radius 2 is 2.33 bits per heavy atom. The summed E-state index contributed by atoms with van der Waals surface area (Å²) in [5.74, 6) is 1.30. The van der Waals surface area contributed by atoms with Crippen LogP contribution in [0.4, 0.5) is 0 Å². The number of nitrogens with one attached hydrogen (secondary N) is 1. The van der Waals surface area contributed by atoms with Gasteiger partial charge < -0.3 is 10.1 Å². The lowest BCUT2D eigenvalue weighted by Crippen LogP contribution is -2.40. The van der Waals surface area contributed by atoms with Crippen LogP contribution in [0.3, 0.4) is 0 Å². The third-order valence-electron chi connectivity index (χ3n) is 4.06. The van der Waals surface area contributed by atoms with Gasteiger partial charge in [-0.25, -0.2) is 12.7 Å². The highest BCUT2D eigenvalue weighted by molar-refractivity contribution is 7.88. The Kier molecular flexibility index (Phi) is 5.65. The van der Waals surface area contributed by atoms with Crippen LogP contribution in [0.5, 0.6) is 5.75 Å². The molecular formula is C14H24N2O3S2. The number of ether oxygens (including phenoxy) is 1. The lowest BCUT2D eigenvalue weighted by Gasteiger charge is -2.32. The number of nitrogens with zero attached hydrogens (tertiary/aromatic N) is 1. The maximum Gasteiger partial charge on any atom is 0.211 e. The summed E-state index contributed by atoms with van der Waals surface area (Å²) in [4.78, 5) is 1.19.